The first-order valence-corrected chi connectivity index (χ1v) is 24.5. The van der Waals surface area contributed by atoms with E-state index in [1.54, 1.807) is 0 Å². The molecule has 160 valence electrons. The first kappa shape index (κ1) is 25.5. The minimum Gasteiger partial charge on any atom is -0.312 e. The molecule has 7 heteroatoms. The minimum atomic E-state index is -1.57. The molecule has 0 aliphatic rings. The van der Waals surface area contributed by atoms with Crippen LogP contribution in [0.5, 0.6) is 0 Å². The van der Waals surface area contributed by atoms with Crippen molar-refractivity contribution in [2.24, 2.45) is 0 Å². The molecule has 0 saturated heterocycles. The Hall–Kier alpha value is 0.201. The van der Waals surface area contributed by atoms with Gasteiger partial charge in [-0.2, -0.15) is 0 Å². The van der Waals surface area contributed by atoms with Gasteiger partial charge in [-0.1, -0.05) is 131 Å². The van der Waals surface area contributed by atoms with Crippen LogP contribution >= 0.6 is 26.6 Å². The van der Waals surface area contributed by atoms with Gasteiger partial charge in [0.2, 0.25) is 0 Å². The third-order valence-corrected chi connectivity index (χ3v) is 30.9. The Morgan fingerprint density at radius 3 is 1.28 bits per heavy atom. The maximum Gasteiger partial charge on any atom is 0.117 e. The van der Waals surface area contributed by atoms with Gasteiger partial charge in [-0.25, -0.2) is 0 Å². The lowest BCUT2D eigenvalue weighted by Crippen LogP contribution is -2.57. The highest BCUT2D eigenvalue weighted by molar-refractivity contribution is 7.98. The molecule has 0 radical (unpaired) electrons. The molecule has 2 rings (SSSR count). The molecular formula is C22H38ClNP2Si3. The van der Waals surface area contributed by atoms with E-state index < -0.39 is 39.9 Å². The summed E-state index contributed by atoms with van der Waals surface area (Å²) in [6, 6.07) is 22.4. The van der Waals surface area contributed by atoms with Crippen LogP contribution in [0.2, 0.25) is 58.9 Å². The van der Waals surface area contributed by atoms with E-state index in [0.29, 0.717) is 5.02 Å². The van der Waals surface area contributed by atoms with E-state index in [1.165, 1.54) is 10.6 Å². The van der Waals surface area contributed by atoms with Gasteiger partial charge in [0, 0.05) is 5.02 Å². The van der Waals surface area contributed by atoms with Gasteiger partial charge < -0.3 is 4.00 Å². The highest BCUT2D eigenvalue weighted by Gasteiger charge is 2.48. The number of hydrogen-bond acceptors (Lipinski definition) is 1. The molecule has 0 spiro atoms. The number of rotatable bonds is 8. The quantitative estimate of drug-likeness (QED) is 0.265. The Morgan fingerprint density at radius 1 is 0.655 bits per heavy atom. The van der Waals surface area contributed by atoms with Crippen LogP contribution < -0.4 is 10.6 Å². The largest absolute Gasteiger partial charge is 0.312 e. The summed E-state index contributed by atoms with van der Waals surface area (Å²) in [6.45, 7) is 22.5. The zero-order chi connectivity index (χ0) is 22.0. The first-order chi connectivity index (χ1) is 13.2. The second-order valence-electron chi connectivity index (χ2n) is 10.7. The predicted octanol–water partition coefficient (Wildman–Crippen LogP) is 7.85. The number of halogens is 1. The molecule has 2 aromatic rings. The third-order valence-electron chi connectivity index (χ3n) is 4.75. The predicted molar refractivity (Wildman–Crippen MR) is 148 cm³/mol. The fourth-order valence-corrected chi connectivity index (χ4v) is 37.0. The standard InChI is InChI=1S/C22H38ClNP2Si3/c1-27(2,3)22(26(23)24(28(4,5)6)29(7,8)9)25(20-16-12-10-13-17-20)21-18-14-11-15-19-21/h10-19,22H,1-9H3. The highest BCUT2D eigenvalue weighted by atomic mass is 35.7. The molecule has 0 aliphatic heterocycles. The minimum absolute atomic E-state index is 0.507. The lowest BCUT2D eigenvalue weighted by molar-refractivity contribution is 0.978. The fourth-order valence-electron chi connectivity index (χ4n) is 4.10. The first-order valence-electron chi connectivity index (χ1n) is 10.4. The van der Waals surface area contributed by atoms with E-state index in [1.807, 2.05) is 0 Å². The van der Waals surface area contributed by atoms with E-state index in [4.69, 9.17) is 11.2 Å². The van der Waals surface area contributed by atoms with Crippen molar-refractivity contribution >= 4 is 61.7 Å². The highest BCUT2D eigenvalue weighted by Crippen LogP contribution is 2.67. The van der Waals surface area contributed by atoms with Crippen molar-refractivity contribution in [3.63, 3.8) is 0 Å². The van der Waals surface area contributed by atoms with E-state index >= 15 is 0 Å². The Labute approximate surface area is 189 Å². The lowest BCUT2D eigenvalue weighted by atomic mass is 10.4. The second kappa shape index (κ2) is 9.78. The van der Waals surface area contributed by atoms with Crippen molar-refractivity contribution in [3.05, 3.63) is 60.7 Å². The molecule has 0 saturated carbocycles. The van der Waals surface area contributed by atoms with E-state index in [-0.39, 0.29) is 0 Å². The van der Waals surface area contributed by atoms with Gasteiger partial charge in [0.15, 0.2) is 0 Å². The normalized spacial score (nSPS) is 15.6. The zero-order valence-electron chi connectivity index (χ0n) is 19.6. The molecule has 0 amide bonds. The van der Waals surface area contributed by atoms with Crippen LogP contribution in [0.4, 0.5) is 0 Å². The topological polar surface area (TPSA) is 3.24 Å². The van der Waals surface area contributed by atoms with Crippen molar-refractivity contribution in [2.75, 3.05) is 0 Å². The molecular weight excluding hydrogens is 460 g/mol. The molecule has 2 atom stereocenters. The summed E-state index contributed by atoms with van der Waals surface area (Å²) in [5.74, 6) is 0. The molecule has 0 heterocycles. The third kappa shape index (κ3) is 6.59. The van der Waals surface area contributed by atoms with Crippen LogP contribution in [0.3, 0.4) is 0 Å². The zero-order valence-corrected chi connectivity index (χ0v) is 25.1. The molecule has 0 fully saturated rings. The van der Waals surface area contributed by atoms with Gasteiger partial charge >= 0.3 is 0 Å². The van der Waals surface area contributed by atoms with Crippen molar-refractivity contribution in [2.45, 2.75) is 63.9 Å². The van der Waals surface area contributed by atoms with Gasteiger partial charge in [0.25, 0.3) is 0 Å². The van der Waals surface area contributed by atoms with Crippen molar-refractivity contribution < 1.29 is 0 Å². The van der Waals surface area contributed by atoms with Crippen molar-refractivity contribution in [1.29, 1.82) is 0 Å². The van der Waals surface area contributed by atoms with E-state index in [0.717, 1.165) is 0 Å². The van der Waals surface area contributed by atoms with Gasteiger partial charge in [0.1, 0.15) is 16.5 Å². The van der Waals surface area contributed by atoms with Gasteiger partial charge in [-0.15, -0.1) is 0 Å². The Balaban J connectivity index is 2.70. The molecule has 0 aromatic heterocycles. The summed E-state index contributed by atoms with van der Waals surface area (Å²) in [6.07, 6.45) is 0. The summed E-state index contributed by atoms with van der Waals surface area (Å²) in [5, 5.41) is 3.50. The summed E-state index contributed by atoms with van der Waals surface area (Å²) in [7, 11) is -5.92. The van der Waals surface area contributed by atoms with Crippen LogP contribution in [0.15, 0.2) is 60.7 Å². The van der Waals surface area contributed by atoms with Crippen molar-refractivity contribution in [3.8, 4) is 0 Å². The summed E-state index contributed by atoms with van der Waals surface area (Å²) in [5.41, 5.74) is 0. The maximum atomic E-state index is 7.67. The van der Waals surface area contributed by atoms with Crippen LogP contribution in [-0.2, 0) is 0 Å². The summed E-state index contributed by atoms with van der Waals surface area (Å²) in [4.78, 5) is 0. The monoisotopic (exact) mass is 497 g/mol. The van der Waals surface area contributed by atoms with E-state index in [2.05, 4.69) is 124 Å². The molecule has 2 aromatic carbocycles. The summed E-state index contributed by atoms with van der Waals surface area (Å²) >= 11 is 7.67. The van der Waals surface area contributed by atoms with Gasteiger partial charge in [-0.3, -0.25) is 0 Å². The number of benzene rings is 2. The van der Waals surface area contributed by atoms with Crippen molar-refractivity contribution in [1.82, 2.24) is 4.00 Å². The van der Waals surface area contributed by atoms with Crippen LogP contribution in [-0.4, -0.2) is 33.6 Å². The molecule has 0 bridgehead atoms. The average molecular weight is 498 g/mol. The van der Waals surface area contributed by atoms with Crippen LogP contribution in [0.1, 0.15) is 0 Å². The van der Waals surface area contributed by atoms with Gasteiger partial charge in [0.05, 0.1) is 15.5 Å². The number of hydrogen-bond donors (Lipinski definition) is 0. The Kier molecular flexibility index (Phi) is 8.58. The molecule has 0 N–H and O–H groups in total. The number of nitrogens with zero attached hydrogens (tertiary/aromatic N) is 1. The fraction of sp³-hybridized carbons (Fsp3) is 0.455. The van der Waals surface area contributed by atoms with Crippen LogP contribution in [0.25, 0.3) is 0 Å². The average Bonchev–Trinajstić information content (AvgIpc) is 2.57. The smallest absolute Gasteiger partial charge is 0.117 e. The van der Waals surface area contributed by atoms with E-state index in [9.17, 15) is 0 Å². The Bertz CT molecular complexity index is 717. The van der Waals surface area contributed by atoms with Gasteiger partial charge in [-0.05, 0) is 18.5 Å². The second-order valence-corrected chi connectivity index (χ2v) is 33.0. The maximum absolute atomic E-state index is 7.67. The molecule has 0 aliphatic carbocycles. The Morgan fingerprint density at radius 2 is 1.00 bits per heavy atom. The molecule has 29 heavy (non-hydrogen) atoms. The summed E-state index contributed by atoms with van der Waals surface area (Å²) < 4.78 is 2.89. The lowest BCUT2D eigenvalue weighted by Gasteiger charge is -2.52. The molecule has 2 unspecified atom stereocenters. The molecule has 1 nitrogen and oxygen atoms in total. The SMILES string of the molecule is C[Si](C)(C)C(P(c1ccccc1)c1ccccc1)P(Cl)N([Si](C)(C)C)[Si](C)(C)C. The van der Waals surface area contributed by atoms with Crippen LogP contribution in [0, 0.1) is 0 Å².